The van der Waals surface area contributed by atoms with Gasteiger partial charge in [0.15, 0.2) is 12.0 Å². The molecule has 2 N–H and O–H groups in total. The number of nitrogens with zero attached hydrogens (tertiary/aromatic N) is 1. The van der Waals surface area contributed by atoms with Gasteiger partial charge >= 0.3 is 0 Å². The molecule has 0 aliphatic rings. The Bertz CT molecular complexity index is 969. The molecule has 1 heterocycles. The van der Waals surface area contributed by atoms with Crippen LogP contribution < -0.4 is 5.32 Å². The maximum atomic E-state index is 13.0. The van der Waals surface area contributed by atoms with Crippen molar-refractivity contribution in [3.05, 3.63) is 65.1 Å². The van der Waals surface area contributed by atoms with E-state index in [0.29, 0.717) is 23.8 Å². The van der Waals surface area contributed by atoms with Gasteiger partial charge in [-0.15, -0.1) is 0 Å². The number of amides is 1. The topological polar surface area (TPSA) is 79.3 Å². The Kier molecular flexibility index (Phi) is 4.43. The van der Waals surface area contributed by atoms with Gasteiger partial charge in [-0.25, -0.2) is 4.39 Å². The number of carbonyl (C=O) groups is 2. The molecule has 0 bridgehead atoms. The third-order valence-electron chi connectivity index (χ3n) is 3.79. The summed E-state index contributed by atoms with van der Waals surface area (Å²) in [6.45, 7) is 1.36. The van der Waals surface area contributed by atoms with Gasteiger partial charge in [0.25, 0.3) is 0 Å². The monoisotopic (exact) mass is 338 g/mol. The number of benzene rings is 2. The summed E-state index contributed by atoms with van der Waals surface area (Å²) in [6.07, 6.45) is 2.60. The van der Waals surface area contributed by atoms with E-state index in [1.165, 1.54) is 25.1 Å². The van der Waals surface area contributed by atoms with Gasteiger partial charge in [-0.1, -0.05) is 12.1 Å². The third kappa shape index (κ3) is 3.47. The van der Waals surface area contributed by atoms with E-state index in [0.717, 1.165) is 11.1 Å². The van der Waals surface area contributed by atoms with E-state index < -0.39 is 0 Å². The average Bonchev–Trinajstić information content (AvgIpc) is 2.59. The first-order valence-corrected chi connectivity index (χ1v) is 7.59. The predicted octanol–water partition coefficient (Wildman–Crippen LogP) is 3.44. The third-order valence-corrected chi connectivity index (χ3v) is 3.79. The molecule has 0 saturated carbocycles. The van der Waals surface area contributed by atoms with Gasteiger partial charge in [-0.05, 0) is 41.8 Å². The Morgan fingerprint density at radius 1 is 1.24 bits per heavy atom. The van der Waals surface area contributed by atoms with E-state index in [9.17, 15) is 19.1 Å². The van der Waals surface area contributed by atoms with Crippen LogP contribution in [0.4, 0.5) is 10.1 Å². The maximum absolute atomic E-state index is 13.0. The number of phenolic OH excluding ortho intramolecular Hbond substituents is 1. The van der Waals surface area contributed by atoms with Gasteiger partial charge in [-0.3, -0.25) is 14.6 Å². The largest absolute Gasteiger partial charge is 0.505 e. The summed E-state index contributed by atoms with van der Waals surface area (Å²) in [5.41, 5.74) is 2.41. The average molecular weight is 338 g/mol. The quantitative estimate of drug-likeness (QED) is 0.564. The van der Waals surface area contributed by atoms with Crippen LogP contribution in [0.3, 0.4) is 0 Å². The Hall–Kier alpha value is -3.28. The van der Waals surface area contributed by atoms with E-state index in [2.05, 4.69) is 10.3 Å². The summed E-state index contributed by atoms with van der Waals surface area (Å²) in [7, 11) is 0. The van der Waals surface area contributed by atoms with Gasteiger partial charge < -0.3 is 10.4 Å². The Morgan fingerprint density at radius 3 is 2.60 bits per heavy atom. The van der Waals surface area contributed by atoms with Gasteiger partial charge in [-0.2, -0.15) is 0 Å². The van der Waals surface area contributed by atoms with Gasteiger partial charge in [0.1, 0.15) is 11.3 Å². The number of anilines is 1. The molecule has 0 aliphatic heterocycles. The minimum atomic E-state index is -0.306. The number of hydrogen-bond acceptors (Lipinski definition) is 4. The lowest BCUT2D eigenvalue weighted by Gasteiger charge is -2.12. The second kappa shape index (κ2) is 6.68. The molecule has 0 aliphatic carbocycles. The highest BCUT2D eigenvalue weighted by molar-refractivity contribution is 6.06. The Labute approximate surface area is 143 Å². The second-order valence-corrected chi connectivity index (χ2v) is 5.70. The second-order valence-electron chi connectivity index (χ2n) is 5.70. The molecule has 25 heavy (non-hydrogen) atoms. The van der Waals surface area contributed by atoms with E-state index in [-0.39, 0.29) is 28.6 Å². The Morgan fingerprint density at radius 2 is 1.96 bits per heavy atom. The van der Waals surface area contributed by atoms with Crippen molar-refractivity contribution in [1.29, 1.82) is 0 Å². The lowest BCUT2D eigenvalue weighted by molar-refractivity contribution is -0.114. The number of pyridine rings is 1. The molecule has 3 aromatic rings. The fraction of sp³-hybridized carbons (Fsp3) is 0.105. The number of aldehydes is 1. The van der Waals surface area contributed by atoms with E-state index in [1.54, 1.807) is 24.4 Å². The van der Waals surface area contributed by atoms with Crippen molar-refractivity contribution in [3.8, 4) is 5.75 Å². The predicted molar refractivity (Wildman–Crippen MR) is 92.3 cm³/mol. The first-order chi connectivity index (χ1) is 12.0. The van der Waals surface area contributed by atoms with Crippen LogP contribution in [0.1, 0.15) is 28.4 Å². The molecule has 0 radical (unpaired) electrons. The summed E-state index contributed by atoms with van der Waals surface area (Å²) < 4.78 is 13.0. The van der Waals surface area contributed by atoms with E-state index >= 15 is 0 Å². The lowest BCUT2D eigenvalue weighted by Crippen LogP contribution is -2.07. The van der Waals surface area contributed by atoms with Crippen LogP contribution in [0.25, 0.3) is 10.9 Å². The van der Waals surface area contributed by atoms with Crippen molar-refractivity contribution in [3.63, 3.8) is 0 Å². The SMILES string of the molecule is CC(=O)Nc1cc(C=O)c(O)c2ncc(Cc3ccc(F)cc3)cc12. The molecule has 1 aromatic heterocycles. The number of phenols is 1. The molecule has 0 saturated heterocycles. The minimum absolute atomic E-state index is 0.0510. The fourth-order valence-corrected chi connectivity index (χ4v) is 2.66. The molecule has 0 spiro atoms. The summed E-state index contributed by atoms with van der Waals surface area (Å²) in [5, 5.41) is 13.3. The van der Waals surface area contributed by atoms with Crippen LogP contribution in [0.15, 0.2) is 42.6 Å². The van der Waals surface area contributed by atoms with Crippen LogP contribution in [0.5, 0.6) is 5.75 Å². The van der Waals surface area contributed by atoms with Crippen molar-refractivity contribution in [1.82, 2.24) is 4.98 Å². The summed E-state index contributed by atoms with van der Waals surface area (Å²) in [4.78, 5) is 26.8. The van der Waals surface area contributed by atoms with Crippen LogP contribution in [0, 0.1) is 5.82 Å². The first kappa shape index (κ1) is 16.6. The number of fused-ring (bicyclic) bond motifs is 1. The van der Waals surface area contributed by atoms with Crippen LogP contribution >= 0.6 is 0 Å². The number of nitrogens with one attached hydrogen (secondary N) is 1. The van der Waals surface area contributed by atoms with Crippen LogP contribution in [-0.4, -0.2) is 22.3 Å². The summed E-state index contributed by atoms with van der Waals surface area (Å²) >= 11 is 0. The molecule has 0 atom stereocenters. The van der Waals surface area contributed by atoms with Crippen molar-refractivity contribution >= 4 is 28.8 Å². The van der Waals surface area contributed by atoms with Crippen molar-refractivity contribution < 1.29 is 19.1 Å². The molecule has 2 aromatic carbocycles. The lowest BCUT2D eigenvalue weighted by atomic mass is 10.0. The smallest absolute Gasteiger partial charge is 0.221 e. The highest BCUT2D eigenvalue weighted by Crippen LogP contribution is 2.33. The van der Waals surface area contributed by atoms with Crippen LogP contribution in [-0.2, 0) is 11.2 Å². The van der Waals surface area contributed by atoms with Crippen LogP contribution in [0.2, 0.25) is 0 Å². The molecular formula is C19H15FN2O3. The Balaban J connectivity index is 2.09. The number of halogens is 1. The highest BCUT2D eigenvalue weighted by atomic mass is 19.1. The number of aromatic nitrogens is 1. The van der Waals surface area contributed by atoms with Gasteiger partial charge in [0.2, 0.25) is 5.91 Å². The molecule has 0 unspecified atom stereocenters. The zero-order valence-corrected chi connectivity index (χ0v) is 13.4. The number of aromatic hydroxyl groups is 1. The molecule has 0 fully saturated rings. The summed E-state index contributed by atoms with van der Waals surface area (Å²) in [5.74, 6) is -0.833. The standard InChI is InChI=1S/C19H15FN2O3/c1-11(24)22-17-8-14(10-23)19(25)18-16(17)7-13(9-21-18)6-12-2-4-15(20)5-3-12/h2-5,7-10,25H,6H2,1H3,(H,22,24). The molecule has 1 amide bonds. The van der Waals surface area contributed by atoms with E-state index in [1.807, 2.05) is 0 Å². The van der Waals surface area contributed by atoms with Crippen molar-refractivity contribution in [2.75, 3.05) is 5.32 Å². The zero-order valence-electron chi connectivity index (χ0n) is 13.4. The number of hydrogen-bond donors (Lipinski definition) is 2. The van der Waals surface area contributed by atoms with Gasteiger partial charge in [0.05, 0.1) is 11.3 Å². The molecule has 3 rings (SSSR count). The van der Waals surface area contributed by atoms with Crippen molar-refractivity contribution in [2.24, 2.45) is 0 Å². The first-order valence-electron chi connectivity index (χ1n) is 7.59. The molecule has 6 heteroatoms. The maximum Gasteiger partial charge on any atom is 0.221 e. The van der Waals surface area contributed by atoms with Crippen molar-refractivity contribution in [2.45, 2.75) is 13.3 Å². The zero-order chi connectivity index (χ0) is 18.0. The minimum Gasteiger partial charge on any atom is -0.505 e. The molecular weight excluding hydrogens is 323 g/mol. The fourth-order valence-electron chi connectivity index (χ4n) is 2.66. The molecule has 5 nitrogen and oxygen atoms in total. The normalized spacial score (nSPS) is 10.6. The number of rotatable bonds is 4. The highest BCUT2D eigenvalue weighted by Gasteiger charge is 2.14. The van der Waals surface area contributed by atoms with Gasteiger partial charge in [0, 0.05) is 18.5 Å². The number of carbonyl (C=O) groups excluding carboxylic acids is 2. The summed E-state index contributed by atoms with van der Waals surface area (Å²) in [6, 6.07) is 9.33. The molecule has 126 valence electrons. The van der Waals surface area contributed by atoms with E-state index in [4.69, 9.17) is 0 Å².